The molecule has 0 spiro atoms. The summed E-state index contributed by atoms with van der Waals surface area (Å²) in [6.45, 7) is 3.21. The second kappa shape index (κ2) is 8.51. The number of amides is 1. The molecule has 1 N–H and O–H groups in total. The number of halogens is 4. The molecule has 5 nitrogen and oxygen atoms in total. The van der Waals surface area contributed by atoms with Gasteiger partial charge in [-0.3, -0.25) is 10.1 Å². The number of ether oxygens (including phenoxy) is 2. The molecule has 28 heavy (non-hydrogen) atoms. The zero-order valence-corrected chi connectivity index (χ0v) is 18.8. The van der Waals surface area contributed by atoms with Crippen molar-refractivity contribution in [2.45, 2.75) is 13.8 Å². The van der Waals surface area contributed by atoms with Crippen molar-refractivity contribution in [3.63, 3.8) is 0 Å². The first kappa shape index (κ1) is 21.3. The molecule has 3 aromatic rings. The highest BCUT2D eigenvalue weighted by Gasteiger charge is 2.19. The number of rotatable bonds is 5. The van der Waals surface area contributed by atoms with E-state index < -0.39 is 5.91 Å². The average molecular weight is 480 g/mol. The molecule has 0 aliphatic carbocycles. The third-order valence-electron chi connectivity index (χ3n) is 3.97. The van der Waals surface area contributed by atoms with Gasteiger partial charge in [0.15, 0.2) is 17.5 Å². The molecular weight excluding hydrogens is 466 g/mol. The lowest BCUT2D eigenvalue weighted by atomic mass is 10.1. The Labute approximate surface area is 185 Å². The summed E-state index contributed by atoms with van der Waals surface area (Å²) in [6, 6.07) is 3.44. The Kier molecular flexibility index (Phi) is 6.47. The van der Waals surface area contributed by atoms with Crippen LogP contribution in [0, 0.1) is 13.8 Å². The maximum Gasteiger partial charge on any atom is 0.264 e. The predicted molar refractivity (Wildman–Crippen MR) is 116 cm³/mol. The Morgan fingerprint density at radius 3 is 2.36 bits per heavy atom. The minimum absolute atomic E-state index is 0.221. The van der Waals surface area contributed by atoms with Crippen LogP contribution < -0.4 is 14.8 Å². The lowest BCUT2D eigenvalue weighted by Crippen LogP contribution is -2.20. The van der Waals surface area contributed by atoms with Crippen LogP contribution in [0.4, 0.5) is 5.13 Å². The summed E-state index contributed by atoms with van der Waals surface area (Å²) in [5.74, 6) is 0.352. The van der Waals surface area contributed by atoms with Gasteiger partial charge >= 0.3 is 0 Å². The molecule has 0 aliphatic heterocycles. The SMILES string of the molecule is COc1cc2sc(NC(=O)COc3c(Cl)c(C)c(Cl)c(C)c3Cl)nc2cc1Cl. The number of methoxy groups -OCH3 is 1. The van der Waals surface area contributed by atoms with Gasteiger partial charge in [-0.05, 0) is 31.0 Å². The fraction of sp³-hybridized carbons (Fsp3) is 0.222. The smallest absolute Gasteiger partial charge is 0.264 e. The van der Waals surface area contributed by atoms with Crippen molar-refractivity contribution in [1.82, 2.24) is 4.98 Å². The van der Waals surface area contributed by atoms with E-state index in [1.54, 1.807) is 26.0 Å². The van der Waals surface area contributed by atoms with Crippen molar-refractivity contribution in [3.8, 4) is 11.5 Å². The third-order valence-corrected chi connectivity index (χ3v) is 6.68. The van der Waals surface area contributed by atoms with Crippen molar-refractivity contribution in [1.29, 1.82) is 0 Å². The van der Waals surface area contributed by atoms with Crippen LogP contribution in [0.3, 0.4) is 0 Å². The van der Waals surface area contributed by atoms with E-state index in [1.807, 2.05) is 0 Å². The Morgan fingerprint density at radius 1 is 1.11 bits per heavy atom. The Morgan fingerprint density at radius 2 is 1.75 bits per heavy atom. The molecule has 0 unspecified atom stereocenters. The van der Waals surface area contributed by atoms with Crippen molar-refractivity contribution < 1.29 is 14.3 Å². The van der Waals surface area contributed by atoms with E-state index >= 15 is 0 Å². The molecule has 0 fully saturated rings. The summed E-state index contributed by atoms with van der Waals surface area (Å²) in [7, 11) is 1.53. The zero-order chi connectivity index (χ0) is 20.6. The minimum atomic E-state index is -0.408. The normalized spacial score (nSPS) is 11.0. The van der Waals surface area contributed by atoms with Gasteiger partial charge in [0.1, 0.15) is 5.75 Å². The molecule has 148 valence electrons. The number of carbonyl (C=O) groups excluding carboxylic acids is 1. The Hall–Kier alpha value is -1.44. The number of hydrogen-bond acceptors (Lipinski definition) is 5. The summed E-state index contributed by atoms with van der Waals surface area (Å²) in [5, 5.41) is 4.55. The Balaban J connectivity index is 1.74. The maximum atomic E-state index is 12.3. The van der Waals surface area contributed by atoms with Gasteiger partial charge in [-0.25, -0.2) is 4.98 Å². The third kappa shape index (κ3) is 4.11. The number of aromatic nitrogens is 1. The summed E-state index contributed by atoms with van der Waals surface area (Å²) in [4.78, 5) is 16.6. The highest BCUT2D eigenvalue weighted by Crippen LogP contribution is 2.42. The van der Waals surface area contributed by atoms with Gasteiger partial charge in [-0.1, -0.05) is 57.7 Å². The fourth-order valence-corrected chi connectivity index (χ4v) is 4.42. The van der Waals surface area contributed by atoms with Gasteiger partial charge < -0.3 is 9.47 Å². The molecule has 0 saturated heterocycles. The van der Waals surface area contributed by atoms with Gasteiger partial charge in [0.05, 0.1) is 32.4 Å². The quantitative estimate of drug-likeness (QED) is 0.450. The zero-order valence-electron chi connectivity index (χ0n) is 15.0. The molecule has 3 rings (SSSR count). The van der Waals surface area contributed by atoms with E-state index in [0.717, 1.165) is 4.70 Å². The van der Waals surface area contributed by atoms with Crippen LogP contribution in [0.2, 0.25) is 20.1 Å². The molecule has 1 aromatic heterocycles. The molecule has 0 atom stereocenters. The first-order valence-corrected chi connectivity index (χ1v) is 10.3. The summed E-state index contributed by atoms with van der Waals surface area (Å²) >= 11 is 26.1. The van der Waals surface area contributed by atoms with Crippen LogP contribution in [0.15, 0.2) is 12.1 Å². The highest BCUT2D eigenvalue weighted by atomic mass is 35.5. The van der Waals surface area contributed by atoms with E-state index in [2.05, 4.69) is 10.3 Å². The summed E-state index contributed by atoms with van der Waals surface area (Å²) in [6.07, 6.45) is 0. The first-order valence-electron chi connectivity index (χ1n) is 7.93. The second-order valence-corrected chi connectivity index (χ2v) is 8.40. The molecule has 0 saturated carbocycles. The molecule has 0 bridgehead atoms. The number of hydrogen-bond donors (Lipinski definition) is 1. The van der Waals surface area contributed by atoms with E-state index in [4.69, 9.17) is 55.9 Å². The average Bonchev–Trinajstić information content (AvgIpc) is 3.04. The molecule has 10 heteroatoms. The summed E-state index contributed by atoms with van der Waals surface area (Å²) < 4.78 is 11.6. The fourth-order valence-electron chi connectivity index (χ4n) is 2.47. The number of fused-ring (bicyclic) bond motifs is 1. The van der Waals surface area contributed by atoms with Crippen molar-refractivity contribution in [3.05, 3.63) is 43.4 Å². The van der Waals surface area contributed by atoms with Gasteiger partial charge in [0.2, 0.25) is 0 Å². The molecule has 1 heterocycles. The minimum Gasteiger partial charge on any atom is -0.495 e. The van der Waals surface area contributed by atoms with Gasteiger partial charge in [0, 0.05) is 11.1 Å². The van der Waals surface area contributed by atoms with E-state index in [9.17, 15) is 4.79 Å². The molecule has 1 amide bonds. The Bertz CT molecular complexity index is 1060. The van der Waals surface area contributed by atoms with Crippen LogP contribution in [0.5, 0.6) is 11.5 Å². The number of anilines is 1. The van der Waals surface area contributed by atoms with Gasteiger partial charge in [0.25, 0.3) is 5.91 Å². The van der Waals surface area contributed by atoms with Crippen molar-refractivity contribution >= 4 is 79.0 Å². The van der Waals surface area contributed by atoms with Gasteiger partial charge in [-0.2, -0.15) is 0 Å². The van der Waals surface area contributed by atoms with Crippen LogP contribution in [0.1, 0.15) is 11.1 Å². The van der Waals surface area contributed by atoms with E-state index in [1.165, 1.54) is 18.4 Å². The highest BCUT2D eigenvalue weighted by molar-refractivity contribution is 7.22. The predicted octanol–water partition coefficient (Wildman–Crippen LogP) is 6.55. The van der Waals surface area contributed by atoms with E-state index in [-0.39, 0.29) is 22.4 Å². The monoisotopic (exact) mass is 478 g/mol. The van der Waals surface area contributed by atoms with E-state index in [0.29, 0.717) is 37.6 Å². The lowest BCUT2D eigenvalue weighted by Gasteiger charge is -2.15. The number of carbonyl (C=O) groups is 1. The lowest BCUT2D eigenvalue weighted by molar-refractivity contribution is -0.118. The van der Waals surface area contributed by atoms with Crippen molar-refractivity contribution in [2.24, 2.45) is 0 Å². The number of benzene rings is 2. The summed E-state index contributed by atoms with van der Waals surface area (Å²) in [5.41, 5.74) is 1.93. The van der Waals surface area contributed by atoms with Gasteiger partial charge in [-0.15, -0.1) is 0 Å². The van der Waals surface area contributed by atoms with Crippen molar-refractivity contribution in [2.75, 3.05) is 19.0 Å². The molecular formula is C18H14Cl4N2O3S. The standard InChI is InChI=1S/C18H14Cl4N2O3S/c1-7-14(20)8(2)16(22)17(15(7)21)27-6-13(25)24-18-23-10-4-9(19)11(26-3)5-12(10)28-18/h4-5H,6H2,1-3H3,(H,23,24,25). The largest absolute Gasteiger partial charge is 0.495 e. The van der Waals surface area contributed by atoms with Crippen LogP contribution in [0.25, 0.3) is 10.2 Å². The molecule has 0 aliphatic rings. The van der Waals surface area contributed by atoms with Crippen LogP contribution in [-0.2, 0) is 4.79 Å². The molecule has 2 aromatic carbocycles. The van der Waals surface area contributed by atoms with Crippen LogP contribution in [-0.4, -0.2) is 24.6 Å². The number of nitrogens with one attached hydrogen (secondary N) is 1. The maximum absolute atomic E-state index is 12.3. The number of thiazole rings is 1. The van der Waals surface area contributed by atoms with Crippen LogP contribution >= 0.6 is 57.7 Å². The molecule has 0 radical (unpaired) electrons. The second-order valence-electron chi connectivity index (χ2n) is 5.83. The number of nitrogens with zero attached hydrogens (tertiary/aromatic N) is 1. The first-order chi connectivity index (χ1) is 13.2. The topological polar surface area (TPSA) is 60.5 Å².